The van der Waals surface area contributed by atoms with Crippen LogP contribution in [0, 0.1) is 11.8 Å². The Morgan fingerprint density at radius 1 is 1.21 bits per heavy atom. The molecule has 0 rings (SSSR count). The lowest BCUT2D eigenvalue weighted by Gasteiger charge is -2.21. The number of carboxylic acid groups (broad SMARTS) is 1. The molecule has 7 nitrogen and oxygen atoms in total. The van der Waals surface area contributed by atoms with E-state index in [1.54, 1.807) is 13.8 Å². The molecule has 2 unspecified atom stereocenters. The highest BCUT2D eigenvalue weighted by molar-refractivity contribution is 5.86. The van der Waals surface area contributed by atoms with Crippen molar-refractivity contribution in [2.24, 2.45) is 17.6 Å². The first kappa shape index (κ1) is 17.2. The fraction of sp³-hybridized carbons (Fsp3) is 0.750. The summed E-state index contributed by atoms with van der Waals surface area (Å²) in [4.78, 5) is 33.1. The summed E-state index contributed by atoms with van der Waals surface area (Å²) >= 11 is 0. The van der Waals surface area contributed by atoms with Crippen LogP contribution in [-0.2, 0) is 9.59 Å². The number of rotatable bonds is 8. The Labute approximate surface area is 112 Å². The van der Waals surface area contributed by atoms with Gasteiger partial charge in [0.05, 0.1) is 0 Å². The summed E-state index contributed by atoms with van der Waals surface area (Å²) in [6.45, 7) is 5.83. The first-order chi connectivity index (χ1) is 8.73. The summed E-state index contributed by atoms with van der Waals surface area (Å²) in [6, 6.07) is -1.42. The average molecular weight is 273 g/mol. The molecule has 0 aliphatic heterocycles. The van der Waals surface area contributed by atoms with Crippen LogP contribution in [0.4, 0.5) is 4.79 Å². The zero-order valence-corrected chi connectivity index (χ0v) is 11.6. The van der Waals surface area contributed by atoms with E-state index in [2.05, 4.69) is 10.6 Å². The van der Waals surface area contributed by atoms with Gasteiger partial charge in [-0.05, 0) is 18.3 Å². The number of aliphatic carboxylic acids is 1. The molecule has 7 heteroatoms. The Balaban J connectivity index is 4.18. The van der Waals surface area contributed by atoms with Gasteiger partial charge in [-0.1, -0.05) is 20.8 Å². The third-order valence-electron chi connectivity index (χ3n) is 2.72. The molecule has 0 spiro atoms. The van der Waals surface area contributed by atoms with Gasteiger partial charge in [0, 0.05) is 13.0 Å². The van der Waals surface area contributed by atoms with Crippen LogP contribution < -0.4 is 16.4 Å². The van der Waals surface area contributed by atoms with Crippen LogP contribution in [0.5, 0.6) is 0 Å². The number of carbonyl (C=O) groups is 3. The quantitative estimate of drug-likeness (QED) is 0.508. The molecule has 0 bridgehead atoms. The molecule has 0 aliphatic carbocycles. The lowest BCUT2D eigenvalue weighted by atomic mass is 10.0. The Morgan fingerprint density at radius 3 is 2.21 bits per heavy atom. The molecule has 0 heterocycles. The molecule has 0 aliphatic rings. The second kappa shape index (κ2) is 8.34. The fourth-order valence-corrected chi connectivity index (χ4v) is 1.54. The van der Waals surface area contributed by atoms with Crippen molar-refractivity contribution in [2.75, 3.05) is 6.54 Å². The van der Waals surface area contributed by atoms with E-state index in [1.165, 1.54) is 0 Å². The number of hydrogen-bond donors (Lipinski definition) is 4. The van der Waals surface area contributed by atoms with E-state index >= 15 is 0 Å². The van der Waals surface area contributed by atoms with E-state index in [0.29, 0.717) is 13.0 Å². The molecule has 0 saturated heterocycles. The van der Waals surface area contributed by atoms with Crippen molar-refractivity contribution in [3.8, 4) is 0 Å². The summed E-state index contributed by atoms with van der Waals surface area (Å²) in [7, 11) is 0. The SMILES string of the molecule is CC(CCC(=O)O)CNC(=O)C(NC(N)=O)C(C)C. The fourth-order valence-electron chi connectivity index (χ4n) is 1.54. The number of carboxylic acids is 1. The summed E-state index contributed by atoms with van der Waals surface area (Å²) in [5.41, 5.74) is 5.01. The van der Waals surface area contributed by atoms with Crippen LogP contribution in [-0.4, -0.2) is 35.6 Å². The highest BCUT2D eigenvalue weighted by Crippen LogP contribution is 2.05. The molecule has 0 radical (unpaired) electrons. The maximum Gasteiger partial charge on any atom is 0.312 e. The normalized spacial score (nSPS) is 13.7. The van der Waals surface area contributed by atoms with Crippen LogP contribution in [0.2, 0.25) is 0 Å². The average Bonchev–Trinajstić information content (AvgIpc) is 2.29. The number of carbonyl (C=O) groups excluding carboxylic acids is 2. The summed E-state index contributed by atoms with van der Waals surface area (Å²) in [6.07, 6.45) is 0.565. The van der Waals surface area contributed by atoms with Crippen molar-refractivity contribution in [1.29, 1.82) is 0 Å². The predicted molar refractivity (Wildman–Crippen MR) is 70.4 cm³/mol. The van der Waals surface area contributed by atoms with Gasteiger partial charge >= 0.3 is 12.0 Å². The number of nitrogens with one attached hydrogen (secondary N) is 2. The molecule has 2 atom stereocenters. The number of urea groups is 1. The second-order valence-electron chi connectivity index (χ2n) is 5.01. The van der Waals surface area contributed by atoms with Crippen molar-refractivity contribution in [2.45, 2.75) is 39.7 Å². The van der Waals surface area contributed by atoms with Gasteiger partial charge in [-0.15, -0.1) is 0 Å². The van der Waals surface area contributed by atoms with Crippen molar-refractivity contribution < 1.29 is 19.5 Å². The van der Waals surface area contributed by atoms with E-state index in [4.69, 9.17) is 10.8 Å². The van der Waals surface area contributed by atoms with Crippen molar-refractivity contribution in [3.63, 3.8) is 0 Å². The lowest BCUT2D eigenvalue weighted by Crippen LogP contribution is -2.51. The van der Waals surface area contributed by atoms with Crippen molar-refractivity contribution in [3.05, 3.63) is 0 Å². The zero-order valence-electron chi connectivity index (χ0n) is 11.6. The Bertz CT molecular complexity index is 331. The Hall–Kier alpha value is -1.79. The Kier molecular flexibility index (Phi) is 7.55. The van der Waals surface area contributed by atoms with Gasteiger partial charge in [0.25, 0.3) is 0 Å². The van der Waals surface area contributed by atoms with E-state index in [0.717, 1.165) is 0 Å². The first-order valence-corrected chi connectivity index (χ1v) is 6.29. The van der Waals surface area contributed by atoms with Crippen molar-refractivity contribution >= 4 is 17.9 Å². The maximum absolute atomic E-state index is 11.9. The molecule has 0 aromatic carbocycles. The van der Waals surface area contributed by atoms with Gasteiger partial charge < -0.3 is 21.5 Å². The smallest absolute Gasteiger partial charge is 0.312 e. The van der Waals surface area contributed by atoms with Gasteiger partial charge in [0.1, 0.15) is 6.04 Å². The van der Waals surface area contributed by atoms with Crippen LogP contribution in [0.15, 0.2) is 0 Å². The minimum Gasteiger partial charge on any atom is -0.481 e. The highest BCUT2D eigenvalue weighted by atomic mass is 16.4. The molecular formula is C12H23N3O4. The van der Waals surface area contributed by atoms with Gasteiger partial charge in [0.15, 0.2) is 0 Å². The number of nitrogens with two attached hydrogens (primary N) is 1. The Morgan fingerprint density at radius 2 is 1.79 bits per heavy atom. The molecular weight excluding hydrogens is 250 g/mol. The summed E-state index contributed by atoms with van der Waals surface area (Å²) < 4.78 is 0. The summed E-state index contributed by atoms with van der Waals surface area (Å²) in [5, 5.41) is 13.6. The molecule has 0 aromatic heterocycles. The molecule has 0 saturated carbocycles. The number of amides is 3. The number of primary amides is 1. The van der Waals surface area contributed by atoms with Gasteiger partial charge in [-0.25, -0.2) is 4.79 Å². The zero-order chi connectivity index (χ0) is 15.0. The van der Waals surface area contributed by atoms with Gasteiger partial charge in [-0.3, -0.25) is 9.59 Å². The standard InChI is InChI=1S/C12H23N3O4/c1-7(2)10(15-12(13)19)11(18)14-6-8(3)4-5-9(16)17/h7-8,10H,4-6H2,1-3H3,(H,14,18)(H,16,17)(H3,13,15,19). The van der Waals surface area contributed by atoms with Crippen LogP contribution in [0.25, 0.3) is 0 Å². The second-order valence-corrected chi connectivity index (χ2v) is 5.01. The topological polar surface area (TPSA) is 122 Å². The van der Waals surface area contributed by atoms with E-state index in [1.807, 2.05) is 6.92 Å². The lowest BCUT2D eigenvalue weighted by molar-refractivity contribution is -0.137. The summed E-state index contributed by atoms with van der Waals surface area (Å²) in [5.74, 6) is -1.19. The third-order valence-corrected chi connectivity index (χ3v) is 2.72. The number of hydrogen-bond acceptors (Lipinski definition) is 3. The highest BCUT2D eigenvalue weighted by Gasteiger charge is 2.23. The van der Waals surface area contributed by atoms with E-state index in [9.17, 15) is 14.4 Å². The minimum absolute atomic E-state index is 0.0569. The van der Waals surface area contributed by atoms with Gasteiger partial charge in [0.2, 0.25) is 5.91 Å². The van der Waals surface area contributed by atoms with Gasteiger partial charge in [-0.2, -0.15) is 0 Å². The molecule has 110 valence electrons. The van der Waals surface area contributed by atoms with E-state index < -0.39 is 18.0 Å². The van der Waals surface area contributed by atoms with Crippen LogP contribution in [0.1, 0.15) is 33.6 Å². The predicted octanol–water partition coefficient (Wildman–Crippen LogP) is 0.296. The van der Waals surface area contributed by atoms with Crippen LogP contribution in [0.3, 0.4) is 0 Å². The molecule has 19 heavy (non-hydrogen) atoms. The van der Waals surface area contributed by atoms with Crippen molar-refractivity contribution in [1.82, 2.24) is 10.6 Å². The monoisotopic (exact) mass is 273 g/mol. The third kappa shape index (κ3) is 8.01. The molecule has 5 N–H and O–H groups in total. The van der Waals surface area contributed by atoms with Crippen LogP contribution >= 0.6 is 0 Å². The first-order valence-electron chi connectivity index (χ1n) is 6.29. The molecule has 0 aromatic rings. The largest absolute Gasteiger partial charge is 0.481 e. The van der Waals surface area contributed by atoms with E-state index in [-0.39, 0.29) is 24.2 Å². The maximum atomic E-state index is 11.9. The molecule has 3 amide bonds. The minimum atomic E-state index is -0.853. The molecule has 0 fully saturated rings.